The fourth-order valence-electron chi connectivity index (χ4n) is 1.22. The predicted octanol–water partition coefficient (Wildman–Crippen LogP) is 1.92. The van der Waals surface area contributed by atoms with Gasteiger partial charge in [-0.05, 0) is 19.1 Å². The summed E-state index contributed by atoms with van der Waals surface area (Å²) in [6, 6.07) is 1.68. The molecule has 0 saturated carbocycles. The molecule has 3 N–H and O–H groups in total. The maximum absolute atomic E-state index is 10.5. The average Bonchev–Trinajstić information content (AvgIpc) is 2.27. The molecule has 5 nitrogen and oxygen atoms in total. The van der Waals surface area contributed by atoms with E-state index in [0.717, 1.165) is 19.4 Å². The third-order valence-corrected chi connectivity index (χ3v) is 2.75. The van der Waals surface area contributed by atoms with Crippen LogP contribution in [0.3, 0.4) is 0 Å². The molecule has 0 fully saturated rings. The molecule has 0 spiro atoms. The van der Waals surface area contributed by atoms with E-state index in [4.69, 9.17) is 17.3 Å². The first-order valence-electron chi connectivity index (χ1n) is 5.22. The number of unbranched alkanes of at least 4 members (excludes halogenated alkanes) is 1. The first-order chi connectivity index (χ1) is 8.11. The average molecular weight is 275 g/mol. The lowest BCUT2D eigenvalue weighted by molar-refractivity contribution is -0.118. The number of hydrogen-bond donors (Lipinski definition) is 2. The van der Waals surface area contributed by atoms with Crippen molar-refractivity contribution in [1.82, 2.24) is 9.97 Å². The summed E-state index contributed by atoms with van der Waals surface area (Å²) in [5.74, 6) is 0.438. The number of hydrogen-bond acceptors (Lipinski definition) is 5. The van der Waals surface area contributed by atoms with E-state index in [1.54, 1.807) is 6.07 Å². The van der Waals surface area contributed by atoms with Gasteiger partial charge >= 0.3 is 0 Å². The summed E-state index contributed by atoms with van der Waals surface area (Å²) >= 11 is 7.28. The van der Waals surface area contributed by atoms with Crippen LogP contribution in [-0.2, 0) is 4.79 Å². The van der Waals surface area contributed by atoms with Crippen molar-refractivity contribution < 1.29 is 4.79 Å². The third kappa shape index (κ3) is 5.74. The van der Waals surface area contributed by atoms with E-state index in [0.29, 0.717) is 22.5 Å². The molecule has 0 aliphatic carbocycles. The number of carbonyl (C=O) groups excluding carboxylic acids is 1. The molecular weight excluding hydrogens is 260 g/mol. The van der Waals surface area contributed by atoms with Crippen LogP contribution < -0.4 is 11.1 Å². The number of amides is 1. The van der Waals surface area contributed by atoms with Gasteiger partial charge in [-0.1, -0.05) is 23.4 Å². The SMILES string of the molecule is CSc1nc(Cl)cc(NCCCCC(N)=O)n1. The zero-order valence-corrected chi connectivity index (χ0v) is 11.1. The molecule has 1 aromatic heterocycles. The number of anilines is 1. The lowest BCUT2D eigenvalue weighted by atomic mass is 10.2. The fourth-order valence-corrected chi connectivity index (χ4v) is 1.83. The molecule has 0 radical (unpaired) electrons. The minimum atomic E-state index is -0.264. The predicted molar refractivity (Wildman–Crippen MR) is 70.4 cm³/mol. The van der Waals surface area contributed by atoms with Crippen molar-refractivity contribution >= 4 is 35.1 Å². The smallest absolute Gasteiger partial charge is 0.217 e. The van der Waals surface area contributed by atoms with E-state index in [2.05, 4.69) is 15.3 Å². The molecule has 1 rings (SSSR count). The number of nitrogens with one attached hydrogen (secondary N) is 1. The lowest BCUT2D eigenvalue weighted by Gasteiger charge is -2.06. The monoisotopic (exact) mass is 274 g/mol. The fraction of sp³-hybridized carbons (Fsp3) is 0.500. The van der Waals surface area contributed by atoms with Gasteiger partial charge in [0, 0.05) is 19.0 Å². The second kappa shape index (κ2) is 7.34. The maximum atomic E-state index is 10.5. The van der Waals surface area contributed by atoms with E-state index < -0.39 is 0 Å². The van der Waals surface area contributed by atoms with Crippen LogP contribution in [-0.4, -0.2) is 28.7 Å². The van der Waals surface area contributed by atoms with Crippen LogP contribution in [0.25, 0.3) is 0 Å². The molecule has 0 unspecified atom stereocenters. The Hall–Kier alpha value is -1.01. The van der Waals surface area contributed by atoms with Gasteiger partial charge in [0.2, 0.25) is 5.91 Å². The zero-order valence-electron chi connectivity index (χ0n) is 9.57. The number of aromatic nitrogens is 2. The summed E-state index contributed by atoms with van der Waals surface area (Å²) in [6.45, 7) is 0.731. The molecule has 0 aliphatic heterocycles. The highest BCUT2D eigenvalue weighted by Gasteiger charge is 2.01. The molecule has 0 atom stereocenters. The molecule has 17 heavy (non-hydrogen) atoms. The van der Waals surface area contributed by atoms with Crippen molar-refractivity contribution in [3.63, 3.8) is 0 Å². The first-order valence-corrected chi connectivity index (χ1v) is 6.83. The summed E-state index contributed by atoms with van der Waals surface area (Å²) in [6.07, 6.45) is 3.94. The van der Waals surface area contributed by atoms with Gasteiger partial charge < -0.3 is 11.1 Å². The van der Waals surface area contributed by atoms with Crippen molar-refractivity contribution in [3.05, 3.63) is 11.2 Å². The quantitative estimate of drug-likeness (QED) is 0.344. The van der Waals surface area contributed by atoms with Gasteiger partial charge in [-0.3, -0.25) is 4.79 Å². The molecular formula is C10H15ClN4OS. The molecule has 0 aromatic carbocycles. The van der Waals surface area contributed by atoms with Gasteiger partial charge in [0.1, 0.15) is 11.0 Å². The molecule has 7 heteroatoms. The normalized spacial score (nSPS) is 10.2. The highest BCUT2D eigenvalue weighted by atomic mass is 35.5. The van der Waals surface area contributed by atoms with Gasteiger partial charge in [0.05, 0.1) is 0 Å². The summed E-state index contributed by atoms with van der Waals surface area (Å²) in [7, 11) is 0. The number of carbonyl (C=O) groups is 1. The van der Waals surface area contributed by atoms with Crippen molar-refractivity contribution in [1.29, 1.82) is 0 Å². The number of primary amides is 1. The number of nitrogens with two attached hydrogens (primary N) is 1. The first kappa shape index (κ1) is 14.1. The number of rotatable bonds is 7. The largest absolute Gasteiger partial charge is 0.370 e. The van der Waals surface area contributed by atoms with Crippen molar-refractivity contribution in [2.24, 2.45) is 5.73 Å². The van der Waals surface area contributed by atoms with Crippen LogP contribution in [0.2, 0.25) is 5.15 Å². The molecule has 1 amide bonds. The van der Waals surface area contributed by atoms with Crippen molar-refractivity contribution in [3.8, 4) is 0 Å². The maximum Gasteiger partial charge on any atom is 0.217 e. The van der Waals surface area contributed by atoms with Crippen LogP contribution in [0.5, 0.6) is 0 Å². The van der Waals surface area contributed by atoms with Crippen molar-refractivity contribution in [2.75, 3.05) is 18.1 Å². The van der Waals surface area contributed by atoms with Crippen LogP contribution >= 0.6 is 23.4 Å². The van der Waals surface area contributed by atoms with Gasteiger partial charge in [-0.15, -0.1) is 0 Å². The molecule has 1 aromatic rings. The second-order valence-electron chi connectivity index (χ2n) is 3.41. The Morgan fingerprint density at radius 3 is 2.94 bits per heavy atom. The van der Waals surface area contributed by atoms with Gasteiger partial charge in [-0.25, -0.2) is 9.97 Å². The summed E-state index contributed by atoms with van der Waals surface area (Å²) in [5.41, 5.74) is 5.04. The molecule has 94 valence electrons. The van der Waals surface area contributed by atoms with Gasteiger partial charge in [-0.2, -0.15) is 0 Å². The molecule has 1 heterocycles. The Balaban J connectivity index is 2.36. The molecule has 0 bridgehead atoms. The van der Waals surface area contributed by atoms with Gasteiger partial charge in [0.15, 0.2) is 5.16 Å². The highest BCUT2D eigenvalue weighted by molar-refractivity contribution is 7.98. The number of halogens is 1. The molecule has 0 saturated heterocycles. The topological polar surface area (TPSA) is 80.9 Å². The van der Waals surface area contributed by atoms with Crippen LogP contribution in [0.15, 0.2) is 11.2 Å². The number of nitrogens with zero attached hydrogens (tertiary/aromatic N) is 2. The van der Waals surface area contributed by atoms with Crippen molar-refractivity contribution in [2.45, 2.75) is 24.4 Å². The van der Waals surface area contributed by atoms with Crippen LogP contribution in [0, 0.1) is 0 Å². The minimum Gasteiger partial charge on any atom is -0.370 e. The zero-order chi connectivity index (χ0) is 12.7. The minimum absolute atomic E-state index is 0.264. The Kier molecular flexibility index (Phi) is 6.07. The Bertz CT molecular complexity index is 389. The molecule has 0 aliphatic rings. The number of thioether (sulfide) groups is 1. The summed E-state index contributed by atoms with van der Waals surface area (Å²) in [4.78, 5) is 18.8. The van der Waals surface area contributed by atoms with E-state index in [1.807, 2.05) is 6.26 Å². The second-order valence-corrected chi connectivity index (χ2v) is 4.57. The van der Waals surface area contributed by atoms with E-state index >= 15 is 0 Å². The Morgan fingerprint density at radius 1 is 1.53 bits per heavy atom. The van der Waals surface area contributed by atoms with Gasteiger partial charge in [0.25, 0.3) is 0 Å². The Morgan fingerprint density at radius 2 is 2.29 bits per heavy atom. The standard InChI is InChI=1S/C10H15ClN4OS/c1-17-10-14-7(11)6-9(15-10)13-5-3-2-4-8(12)16/h6H,2-5H2,1H3,(H2,12,16)(H,13,14,15). The third-order valence-electron chi connectivity index (χ3n) is 2.01. The van der Waals surface area contributed by atoms with Crippen LogP contribution in [0.4, 0.5) is 5.82 Å². The summed E-state index contributed by atoms with van der Waals surface area (Å²) < 4.78 is 0. The highest BCUT2D eigenvalue weighted by Crippen LogP contribution is 2.17. The van der Waals surface area contributed by atoms with E-state index in [-0.39, 0.29) is 5.91 Å². The van der Waals surface area contributed by atoms with Crippen LogP contribution in [0.1, 0.15) is 19.3 Å². The Labute approximate surface area is 110 Å². The van der Waals surface area contributed by atoms with E-state index in [1.165, 1.54) is 11.8 Å². The lowest BCUT2D eigenvalue weighted by Crippen LogP contribution is -2.11. The van der Waals surface area contributed by atoms with E-state index in [9.17, 15) is 4.79 Å². The summed E-state index contributed by atoms with van der Waals surface area (Å²) in [5, 5.41) is 4.19.